The minimum atomic E-state index is -3.82. The normalized spacial score (nSPS) is 13.9. The first kappa shape index (κ1) is 13.6. The standard InChI is InChI=1S/C8H14N4O4S/c1-11(2)17(15,16)10-7(8(13)14)6-4-9-12(3)5-6/h4-5,7,10H,1-3H3,(H,13,14). The number of hydrogen-bond donors (Lipinski definition) is 2. The first-order valence-corrected chi connectivity index (χ1v) is 6.09. The zero-order valence-corrected chi connectivity index (χ0v) is 10.5. The lowest BCUT2D eigenvalue weighted by atomic mass is 10.2. The maximum atomic E-state index is 11.5. The maximum Gasteiger partial charge on any atom is 0.326 e. The Morgan fingerprint density at radius 2 is 2.18 bits per heavy atom. The molecule has 9 heteroatoms. The second-order valence-corrected chi connectivity index (χ2v) is 5.54. The fourth-order valence-electron chi connectivity index (χ4n) is 1.10. The molecule has 0 fully saturated rings. The van der Waals surface area contributed by atoms with Gasteiger partial charge in [-0.1, -0.05) is 0 Å². The number of aromatic nitrogens is 2. The number of carboxylic acid groups (broad SMARTS) is 1. The zero-order chi connectivity index (χ0) is 13.2. The summed E-state index contributed by atoms with van der Waals surface area (Å²) in [6, 6.07) is -1.35. The molecule has 96 valence electrons. The van der Waals surface area contributed by atoms with Crippen molar-refractivity contribution in [2.24, 2.45) is 7.05 Å². The molecule has 0 saturated carbocycles. The molecule has 17 heavy (non-hydrogen) atoms. The summed E-state index contributed by atoms with van der Waals surface area (Å²) in [4.78, 5) is 11.0. The van der Waals surface area contributed by atoms with E-state index in [2.05, 4.69) is 9.82 Å². The van der Waals surface area contributed by atoms with E-state index in [1.807, 2.05) is 0 Å². The van der Waals surface area contributed by atoms with Crippen LogP contribution >= 0.6 is 0 Å². The van der Waals surface area contributed by atoms with Gasteiger partial charge in [0.1, 0.15) is 6.04 Å². The number of nitrogens with one attached hydrogen (secondary N) is 1. The number of rotatable bonds is 5. The molecular weight excluding hydrogens is 248 g/mol. The molecule has 1 aromatic rings. The number of carboxylic acids is 1. The monoisotopic (exact) mass is 262 g/mol. The molecule has 0 spiro atoms. The van der Waals surface area contributed by atoms with Crippen molar-refractivity contribution in [1.82, 2.24) is 18.8 Å². The first-order valence-electron chi connectivity index (χ1n) is 4.65. The van der Waals surface area contributed by atoms with Crippen LogP contribution in [-0.4, -0.2) is 47.7 Å². The predicted molar refractivity (Wildman–Crippen MR) is 59.3 cm³/mol. The van der Waals surface area contributed by atoms with E-state index in [-0.39, 0.29) is 5.56 Å². The quantitative estimate of drug-likeness (QED) is 0.704. The van der Waals surface area contributed by atoms with E-state index in [1.54, 1.807) is 7.05 Å². The fraction of sp³-hybridized carbons (Fsp3) is 0.500. The Bertz CT molecular complexity index is 507. The molecule has 0 aliphatic rings. The summed E-state index contributed by atoms with van der Waals surface area (Å²) in [6.07, 6.45) is 2.74. The highest BCUT2D eigenvalue weighted by Crippen LogP contribution is 2.13. The van der Waals surface area contributed by atoms with Crippen LogP contribution in [0.5, 0.6) is 0 Å². The Kier molecular flexibility index (Phi) is 3.86. The summed E-state index contributed by atoms with van der Waals surface area (Å²) in [5, 5.41) is 12.8. The number of aliphatic carboxylic acids is 1. The Hall–Kier alpha value is -1.45. The lowest BCUT2D eigenvalue weighted by molar-refractivity contribution is -0.139. The zero-order valence-electron chi connectivity index (χ0n) is 9.65. The Morgan fingerprint density at radius 3 is 2.53 bits per heavy atom. The van der Waals surface area contributed by atoms with Gasteiger partial charge in [-0.25, -0.2) is 0 Å². The predicted octanol–water partition coefficient (Wildman–Crippen LogP) is -1.06. The van der Waals surface area contributed by atoms with Crippen molar-refractivity contribution in [3.8, 4) is 0 Å². The van der Waals surface area contributed by atoms with E-state index in [9.17, 15) is 13.2 Å². The highest BCUT2D eigenvalue weighted by molar-refractivity contribution is 7.87. The van der Waals surface area contributed by atoms with Crippen LogP contribution in [0.3, 0.4) is 0 Å². The van der Waals surface area contributed by atoms with E-state index in [0.29, 0.717) is 0 Å². The van der Waals surface area contributed by atoms with Gasteiger partial charge < -0.3 is 5.11 Å². The summed E-state index contributed by atoms with van der Waals surface area (Å²) in [5.74, 6) is -1.29. The van der Waals surface area contributed by atoms with Crippen LogP contribution in [0.4, 0.5) is 0 Å². The smallest absolute Gasteiger partial charge is 0.326 e. The van der Waals surface area contributed by atoms with Crippen LogP contribution in [0.15, 0.2) is 12.4 Å². The summed E-state index contributed by atoms with van der Waals surface area (Å²) in [6.45, 7) is 0. The van der Waals surface area contributed by atoms with Gasteiger partial charge >= 0.3 is 5.97 Å². The minimum absolute atomic E-state index is 0.269. The average Bonchev–Trinajstić information content (AvgIpc) is 2.60. The second kappa shape index (κ2) is 4.82. The molecule has 1 unspecified atom stereocenters. The molecule has 0 aromatic carbocycles. The van der Waals surface area contributed by atoms with E-state index >= 15 is 0 Å². The van der Waals surface area contributed by atoms with Crippen molar-refractivity contribution in [3.05, 3.63) is 18.0 Å². The lowest BCUT2D eigenvalue weighted by Crippen LogP contribution is -2.40. The van der Waals surface area contributed by atoms with E-state index in [1.165, 1.54) is 31.2 Å². The Balaban J connectivity index is 3.01. The molecule has 8 nitrogen and oxygen atoms in total. The molecule has 0 radical (unpaired) electrons. The van der Waals surface area contributed by atoms with Crippen LogP contribution in [-0.2, 0) is 22.1 Å². The van der Waals surface area contributed by atoms with Gasteiger partial charge in [0.05, 0.1) is 6.20 Å². The third-order valence-corrected chi connectivity index (χ3v) is 3.55. The first-order chi connectivity index (χ1) is 7.74. The van der Waals surface area contributed by atoms with Crippen molar-refractivity contribution in [2.45, 2.75) is 6.04 Å². The number of nitrogens with zero attached hydrogens (tertiary/aromatic N) is 3. The highest BCUT2D eigenvalue weighted by atomic mass is 32.2. The Morgan fingerprint density at radius 1 is 1.59 bits per heavy atom. The van der Waals surface area contributed by atoms with Gasteiger partial charge in [-0.15, -0.1) is 0 Å². The fourth-order valence-corrected chi connectivity index (χ4v) is 1.85. The van der Waals surface area contributed by atoms with Gasteiger partial charge in [0.25, 0.3) is 10.2 Å². The molecule has 2 N–H and O–H groups in total. The van der Waals surface area contributed by atoms with Crippen molar-refractivity contribution >= 4 is 16.2 Å². The molecule has 0 aliphatic heterocycles. The van der Waals surface area contributed by atoms with Gasteiger partial charge in [0, 0.05) is 32.9 Å². The third kappa shape index (κ3) is 3.25. The lowest BCUT2D eigenvalue weighted by Gasteiger charge is -2.16. The highest BCUT2D eigenvalue weighted by Gasteiger charge is 2.27. The van der Waals surface area contributed by atoms with E-state index in [0.717, 1.165) is 4.31 Å². The van der Waals surface area contributed by atoms with Gasteiger partial charge in [-0.05, 0) is 0 Å². The minimum Gasteiger partial charge on any atom is -0.480 e. The summed E-state index contributed by atoms with van der Waals surface area (Å²) in [7, 11) is 0.418. The molecule has 0 bridgehead atoms. The number of carbonyl (C=O) groups is 1. The van der Waals surface area contributed by atoms with Crippen LogP contribution in [0.25, 0.3) is 0 Å². The van der Waals surface area contributed by atoms with Crippen molar-refractivity contribution in [3.63, 3.8) is 0 Å². The molecular formula is C8H14N4O4S. The summed E-state index contributed by atoms with van der Waals surface area (Å²) in [5.41, 5.74) is 0.269. The molecule has 1 heterocycles. The largest absolute Gasteiger partial charge is 0.480 e. The molecule has 0 aliphatic carbocycles. The van der Waals surface area contributed by atoms with Crippen molar-refractivity contribution in [2.75, 3.05) is 14.1 Å². The third-order valence-electron chi connectivity index (χ3n) is 2.05. The Labute approximate surface area is 99.0 Å². The van der Waals surface area contributed by atoms with Crippen LogP contribution < -0.4 is 4.72 Å². The molecule has 1 atom stereocenters. The second-order valence-electron chi connectivity index (χ2n) is 3.62. The molecule has 1 aromatic heterocycles. The molecule has 1 rings (SSSR count). The van der Waals surface area contributed by atoms with Crippen LogP contribution in [0.2, 0.25) is 0 Å². The SMILES string of the molecule is CN(C)S(=O)(=O)NC(C(=O)O)c1cnn(C)c1. The maximum absolute atomic E-state index is 11.5. The average molecular weight is 262 g/mol. The van der Waals surface area contributed by atoms with Gasteiger partial charge in [0.2, 0.25) is 0 Å². The van der Waals surface area contributed by atoms with E-state index < -0.39 is 22.2 Å². The summed E-state index contributed by atoms with van der Waals surface area (Å²) >= 11 is 0. The number of hydrogen-bond acceptors (Lipinski definition) is 4. The summed E-state index contributed by atoms with van der Waals surface area (Å²) < 4.78 is 27.5. The number of aryl methyl sites for hydroxylation is 1. The van der Waals surface area contributed by atoms with Gasteiger partial charge in [-0.2, -0.15) is 22.5 Å². The van der Waals surface area contributed by atoms with Crippen LogP contribution in [0.1, 0.15) is 11.6 Å². The molecule has 0 saturated heterocycles. The molecule has 0 amide bonds. The van der Waals surface area contributed by atoms with E-state index in [4.69, 9.17) is 5.11 Å². The van der Waals surface area contributed by atoms with Gasteiger partial charge in [-0.3, -0.25) is 9.48 Å². The van der Waals surface area contributed by atoms with Gasteiger partial charge in [0.15, 0.2) is 0 Å². The topological polar surface area (TPSA) is 105 Å². The van der Waals surface area contributed by atoms with Crippen molar-refractivity contribution in [1.29, 1.82) is 0 Å². The van der Waals surface area contributed by atoms with Crippen molar-refractivity contribution < 1.29 is 18.3 Å². The van der Waals surface area contributed by atoms with Crippen LogP contribution in [0, 0.1) is 0 Å².